The molecule has 2 aromatic rings. The molecule has 3 rings (SSSR count). The van der Waals surface area contributed by atoms with E-state index in [-0.39, 0.29) is 24.8 Å². The molecule has 1 N–H and O–H groups in total. The summed E-state index contributed by atoms with van der Waals surface area (Å²) in [4.78, 5) is 28.8. The second-order valence-electron chi connectivity index (χ2n) is 8.56. The Kier molecular flexibility index (Phi) is 7.39. The zero-order valence-corrected chi connectivity index (χ0v) is 18.4. The Hall–Kier alpha value is -3.22. The molecule has 1 aliphatic rings. The number of nitrogens with zero attached hydrogens (tertiary/aromatic N) is 2. The van der Waals surface area contributed by atoms with E-state index < -0.39 is 5.60 Å². The van der Waals surface area contributed by atoms with Crippen LogP contribution in [0.5, 0.6) is 0 Å². The van der Waals surface area contributed by atoms with E-state index in [1.165, 1.54) is 0 Å². The molecule has 2 amide bonds. The van der Waals surface area contributed by atoms with E-state index in [4.69, 9.17) is 9.47 Å². The van der Waals surface area contributed by atoms with Gasteiger partial charge in [-0.05, 0) is 38.5 Å². The van der Waals surface area contributed by atoms with Gasteiger partial charge in [0.2, 0.25) is 0 Å². The van der Waals surface area contributed by atoms with Crippen LogP contribution in [0.4, 0.5) is 15.3 Å². The molecule has 0 saturated carbocycles. The van der Waals surface area contributed by atoms with Gasteiger partial charge in [0.05, 0.1) is 6.04 Å². The molecule has 1 unspecified atom stereocenters. The number of carbonyl (C=O) groups excluding carboxylic acids is 2. The van der Waals surface area contributed by atoms with E-state index in [1.807, 2.05) is 81.4 Å². The average Bonchev–Trinajstić information content (AvgIpc) is 2.76. The third-order valence-corrected chi connectivity index (χ3v) is 4.89. The van der Waals surface area contributed by atoms with Gasteiger partial charge in [0.25, 0.3) is 0 Å². The van der Waals surface area contributed by atoms with Gasteiger partial charge in [-0.1, -0.05) is 48.5 Å². The van der Waals surface area contributed by atoms with E-state index in [0.29, 0.717) is 26.2 Å². The van der Waals surface area contributed by atoms with Gasteiger partial charge < -0.3 is 19.7 Å². The number of hydrogen-bond acceptors (Lipinski definition) is 5. The zero-order valence-electron chi connectivity index (χ0n) is 18.4. The molecule has 2 aromatic carbocycles. The molecule has 1 saturated heterocycles. The minimum atomic E-state index is -0.569. The maximum Gasteiger partial charge on any atom is 0.410 e. The van der Waals surface area contributed by atoms with Crippen LogP contribution in [0.25, 0.3) is 0 Å². The third kappa shape index (κ3) is 6.91. The molecule has 0 aromatic heterocycles. The number of para-hydroxylation sites is 1. The Morgan fingerprint density at radius 1 is 0.968 bits per heavy atom. The predicted molar refractivity (Wildman–Crippen MR) is 120 cm³/mol. The van der Waals surface area contributed by atoms with E-state index >= 15 is 0 Å². The fourth-order valence-electron chi connectivity index (χ4n) is 3.36. The normalized spacial score (nSPS) is 16.5. The molecule has 7 heteroatoms. The fourth-order valence-corrected chi connectivity index (χ4v) is 3.36. The van der Waals surface area contributed by atoms with Crippen LogP contribution in [0, 0.1) is 0 Å². The number of hydrogen-bond donors (Lipinski definition) is 1. The molecular weight excluding hydrogens is 394 g/mol. The van der Waals surface area contributed by atoms with Crippen LogP contribution >= 0.6 is 0 Å². The smallest absolute Gasteiger partial charge is 0.410 e. The molecule has 1 heterocycles. The number of piperazine rings is 1. The van der Waals surface area contributed by atoms with Gasteiger partial charge in [-0.15, -0.1) is 0 Å². The van der Waals surface area contributed by atoms with Crippen molar-refractivity contribution in [1.29, 1.82) is 0 Å². The molecule has 7 nitrogen and oxygen atoms in total. The van der Waals surface area contributed by atoms with Crippen molar-refractivity contribution < 1.29 is 19.1 Å². The third-order valence-electron chi connectivity index (χ3n) is 4.89. The lowest BCUT2D eigenvalue weighted by atomic mass is 10.1. The first-order valence-electron chi connectivity index (χ1n) is 10.6. The SMILES string of the molecule is CC(C)(C)OC(=O)N1CCN(C(=O)OCc2ccccc2)C(CNc2ccccc2)C1. The molecule has 0 radical (unpaired) electrons. The number of nitrogens with one attached hydrogen (secondary N) is 1. The number of amides is 2. The van der Waals surface area contributed by atoms with Gasteiger partial charge in [0.1, 0.15) is 12.2 Å². The Labute approximate surface area is 183 Å². The van der Waals surface area contributed by atoms with Gasteiger partial charge >= 0.3 is 12.2 Å². The number of carbonyl (C=O) groups is 2. The highest BCUT2D eigenvalue weighted by Crippen LogP contribution is 2.17. The molecule has 0 bridgehead atoms. The maximum absolute atomic E-state index is 12.8. The Balaban J connectivity index is 1.65. The number of benzene rings is 2. The van der Waals surface area contributed by atoms with Crippen LogP contribution in [0.15, 0.2) is 60.7 Å². The van der Waals surface area contributed by atoms with Crippen molar-refractivity contribution in [3.05, 3.63) is 66.2 Å². The molecule has 166 valence electrons. The topological polar surface area (TPSA) is 71.1 Å². The Morgan fingerprint density at radius 3 is 2.26 bits per heavy atom. The summed E-state index contributed by atoms with van der Waals surface area (Å²) >= 11 is 0. The number of rotatable bonds is 5. The lowest BCUT2D eigenvalue weighted by molar-refractivity contribution is 0.00268. The number of ether oxygens (including phenoxy) is 2. The summed E-state index contributed by atoms with van der Waals surface area (Å²) in [6.07, 6.45) is -0.748. The van der Waals surface area contributed by atoms with Crippen LogP contribution in [-0.2, 0) is 16.1 Å². The molecule has 1 fully saturated rings. The largest absolute Gasteiger partial charge is 0.445 e. The predicted octanol–water partition coefficient (Wildman–Crippen LogP) is 4.36. The quantitative estimate of drug-likeness (QED) is 0.771. The minimum Gasteiger partial charge on any atom is -0.445 e. The highest BCUT2D eigenvalue weighted by atomic mass is 16.6. The second-order valence-corrected chi connectivity index (χ2v) is 8.56. The van der Waals surface area contributed by atoms with E-state index in [1.54, 1.807) is 9.80 Å². The lowest BCUT2D eigenvalue weighted by Crippen LogP contribution is -2.59. The van der Waals surface area contributed by atoms with Gasteiger partial charge in [0.15, 0.2) is 0 Å². The summed E-state index contributed by atoms with van der Waals surface area (Å²) in [6.45, 7) is 7.39. The maximum atomic E-state index is 12.8. The number of anilines is 1. The zero-order chi connectivity index (χ0) is 22.3. The molecule has 0 spiro atoms. The second kappa shape index (κ2) is 10.2. The van der Waals surface area contributed by atoms with Crippen molar-refractivity contribution in [1.82, 2.24) is 9.80 Å². The molecule has 1 aliphatic heterocycles. The summed E-state index contributed by atoms with van der Waals surface area (Å²) in [5.74, 6) is 0. The van der Waals surface area contributed by atoms with Crippen LogP contribution in [-0.4, -0.2) is 59.8 Å². The van der Waals surface area contributed by atoms with E-state index in [9.17, 15) is 9.59 Å². The van der Waals surface area contributed by atoms with Crippen molar-refractivity contribution in [2.24, 2.45) is 0 Å². The van der Waals surface area contributed by atoms with Crippen molar-refractivity contribution in [2.45, 2.75) is 39.0 Å². The molecule has 0 aliphatic carbocycles. The van der Waals surface area contributed by atoms with Gasteiger partial charge in [-0.3, -0.25) is 4.90 Å². The fraction of sp³-hybridized carbons (Fsp3) is 0.417. The van der Waals surface area contributed by atoms with Gasteiger partial charge in [-0.25, -0.2) is 9.59 Å². The summed E-state index contributed by atoms with van der Waals surface area (Å²) in [5.41, 5.74) is 1.32. The summed E-state index contributed by atoms with van der Waals surface area (Å²) in [7, 11) is 0. The molecular formula is C24H31N3O4. The van der Waals surface area contributed by atoms with Crippen molar-refractivity contribution in [2.75, 3.05) is 31.5 Å². The van der Waals surface area contributed by atoms with Crippen molar-refractivity contribution in [3.63, 3.8) is 0 Å². The standard InChI is InChI=1S/C24H31N3O4/c1-24(2,3)31-22(28)26-14-15-27(23(29)30-18-19-10-6-4-7-11-19)21(17-26)16-25-20-12-8-5-9-13-20/h4-13,21,25H,14-18H2,1-3H3. The molecule has 1 atom stereocenters. The Morgan fingerprint density at radius 2 is 1.61 bits per heavy atom. The van der Waals surface area contributed by atoms with Crippen LogP contribution < -0.4 is 5.32 Å². The summed E-state index contributed by atoms with van der Waals surface area (Å²) < 4.78 is 11.1. The monoisotopic (exact) mass is 425 g/mol. The van der Waals surface area contributed by atoms with Crippen LogP contribution in [0.1, 0.15) is 26.3 Å². The first-order chi connectivity index (χ1) is 14.8. The van der Waals surface area contributed by atoms with Crippen molar-refractivity contribution in [3.8, 4) is 0 Å². The van der Waals surface area contributed by atoms with Crippen molar-refractivity contribution >= 4 is 17.9 Å². The van der Waals surface area contributed by atoms with Crippen LogP contribution in [0.3, 0.4) is 0 Å². The summed E-state index contributed by atoms with van der Waals surface area (Å²) in [6, 6.07) is 19.1. The van der Waals surface area contributed by atoms with Crippen LogP contribution in [0.2, 0.25) is 0 Å². The molecule has 31 heavy (non-hydrogen) atoms. The van der Waals surface area contributed by atoms with E-state index in [2.05, 4.69) is 5.32 Å². The lowest BCUT2D eigenvalue weighted by Gasteiger charge is -2.41. The van der Waals surface area contributed by atoms with Gasteiger partial charge in [0, 0.05) is 31.9 Å². The van der Waals surface area contributed by atoms with E-state index in [0.717, 1.165) is 11.3 Å². The first-order valence-corrected chi connectivity index (χ1v) is 10.6. The summed E-state index contributed by atoms with van der Waals surface area (Å²) in [5, 5.41) is 3.35. The van der Waals surface area contributed by atoms with Gasteiger partial charge in [-0.2, -0.15) is 0 Å². The first kappa shape index (κ1) is 22.5. The Bertz CT molecular complexity index is 852. The highest BCUT2D eigenvalue weighted by molar-refractivity contribution is 5.71. The average molecular weight is 426 g/mol. The highest BCUT2D eigenvalue weighted by Gasteiger charge is 2.35. The minimum absolute atomic E-state index is 0.213.